The lowest BCUT2D eigenvalue weighted by molar-refractivity contribution is -0.146. The molecular formula is C18H28N2O7S. The summed E-state index contributed by atoms with van der Waals surface area (Å²) in [5.74, 6) is -2.07. The SMILES string of the molecule is CC(C)C[C@H](N)C(=O)C(O)(C(N)CCC(=O)OCc1ccccc1)S(=O)(=O)O. The van der Waals surface area contributed by atoms with Crippen molar-refractivity contribution in [3.63, 3.8) is 0 Å². The zero-order valence-corrected chi connectivity index (χ0v) is 16.8. The van der Waals surface area contributed by atoms with Crippen molar-refractivity contribution in [2.75, 3.05) is 0 Å². The molecule has 0 heterocycles. The molecule has 3 atom stereocenters. The van der Waals surface area contributed by atoms with Crippen LogP contribution in [0.5, 0.6) is 0 Å². The number of ether oxygens (including phenoxy) is 1. The Morgan fingerprint density at radius 2 is 1.75 bits per heavy atom. The van der Waals surface area contributed by atoms with E-state index in [0.717, 1.165) is 5.56 Å². The number of hydrogen-bond acceptors (Lipinski definition) is 8. The monoisotopic (exact) mass is 416 g/mol. The number of benzene rings is 1. The van der Waals surface area contributed by atoms with Crippen LogP contribution in [0, 0.1) is 5.92 Å². The first-order chi connectivity index (χ1) is 12.9. The Balaban J connectivity index is 2.78. The van der Waals surface area contributed by atoms with E-state index < -0.39 is 45.3 Å². The summed E-state index contributed by atoms with van der Waals surface area (Å²) in [5.41, 5.74) is 12.1. The molecule has 9 nitrogen and oxygen atoms in total. The van der Waals surface area contributed by atoms with Crippen molar-refractivity contribution in [1.82, 2.24) is 0 Å². The highest BCUT2D eigenvalue weighted by molar-refractivity contribution is 7.88. The van der Waals surface area contributed by atoms with Crippen molar-refractivity contribution in [3.8, 4) is 0 Å². The largest absolute Gasteiger partial charge is 0.461 e. The van der Waals surface area contributed by atoms with E-state index in [-0.39, 0.29) is 25.4 Å². The minimum Gasteiger partial charge on any atom is -0.461 e. The summed E-state index contributed by atoms with van der Waals surface area (Å²) >= 11 is 0. The number of Topliss-reactive ketones (excluding diaryl/α,β-unsaturated/α-hetero) is 1. The van der Waals surface area contributed by atoms with Gasteiger partial charge in [-0.3, -0.25) is 14.1 Å². The van der Waals surface area contributed by atoms with Crippen LogP contribution in [0.2, 0.25) is 0 Å². The predicted octanol–water partition coefficient (Wildman–Crippen LogP) is 0.356. The number of ketones is 1. The Morgan fingerprint density at radius 3 is 2.25 bits per heavy atom. The highest BCUT2D eigenvalue weighted by atomic mass is 32.2. The Labute approximate surface area is 164 Å². The molecule has 0 aromatic heterocycles. The highest BCUT2D eigenvalue weighted by Gasteiger charge is 2.54. The van der Waals surface area contributed by atoms with Gasteiger partial charge in [-0.15, -0.1) is 0 Å². The van der Waals surface area contributed by atoms with E-state index in [2.05, 4.69) is 0 Å². The fraction of sp³-hybridized carbons (Fsp3) is 0.556. The van der Waals surface area contributed by atoms with E-state index in [1.807, 2.05) is 6.07 Å². The maximum Gasteiger partial charge on any atom is 0.306 e. The second kappa shape index (κ2) is 10.1. The smallest absolute Gasteiger partial charge is 0.306 e. The van der Waals surface area contributed by atoms with E-state index in [4.69, 9.17) is 16.2 Å². The van der Waals surface area contributed by atoms with Gasteiger partial charge in [0.05, 0.1) is 12.1 Å². The molecule has 0 amide bonds. The van der Waals surface area contributed by atoms with Crippen LogP contribution in [0.4, 0.5) is 0 Å². The number of carbonyl (C=O) groups excluding carboxylic acids is 2. The minimum absolute atomic E-state index is 0.00959. The van der Waals surface area contributed by atoms with Crippen LogP contribution in [0.1, 0.15) is 38.7 Å². The molecule has 1 aromatic rings. The van der Waals surface area contributed by atoms with Gasteiger partial charge in [0.25, 0.3) is 4.93 Å². The van der Waals surface area contributed by atoms with Gasteiger partial charge in [-0.1, -0.05) is 44.2 Å². The number of rotatable bonds is 11. The van der Waals surface area contributed by atoms with Crippen LogP contribution in [0.3, 0.4) is 0 Å². The molecule has 0 bridgehead atoms. The molecule has 0 aliphatic heterocycles. The summed E-state index contributed by atoms with van der Waals surface area (Å²) in [6, 6.07) is 5.76. The second-order valence-corrected chi connectivity index (χ2v) is 8.64. The molecule has 10 heteroatoms. The Hall–Kier alpha value is -1.85. The Bertz CT molecular complexity index is 767. The third-order valence-corrected chi connectivity index (χ3v) is 5.50. The van der Waals surface area contributed by atoms with Gasteiger partial charge in [0.1, 0.15) is 6.61 Å². The van der Waals surface area contributed by atoms with Crippen LogP contribution >= 0.6 is 0 Å². The summed E-state index contributed by atoms with van der Waals surface area (Å²) < 4.78 is 37.9. The highest BCUT2D eigenvalue weighted by Crippen LogP contribution is 2.24. The summed E-state index contributed by atoms with van der Waals surface area (Å²) in [6.45, 7) is 3.51. The van der Waals surface area contributed by atoms with Gasteiger partial charge >= 0.3 is 16.1 Å². The normalized spacial score (nSPS) is 16.2. The van der Waals surface area contributed by atoms with Crippen molar-refractivity contribution in [2.45, 2.75) is 56.7 Å². The first kappa shape index (κ1) is 24.2. The fourth-order valence-electron chi connectivity index (χ4n) is 2.66. The van der Waals surface area contributed by atoms with E-state index >= 15 is 0 Å². The number of esters is 1. The zero-order chi connectivity index (χ0) is 21.5. The van der Waals surface area contributed by atoms with E-state index in [9.17, 15) is 27.7 Å². The predicted molar refractivity (Wildman–Crippen MR) is 102 cm³/mol. The quantitative estimate of drug-likeness (QED) is 0.293. The van der Waals surface area contributed by atoms with Crippen molar-refractivity contribution in [3.05, 3.63) is 35.9 Å². The summed E-state index contributed by atoms with van der Waals surface area (Å²) in [6.07, 6.45) is -0.689. The molecule has 158 valence electrons. The maximum absolute atomic E-state index is 12.4. The minimum atomic E-state index is -5.30. The molecule has 0 aliphatic rings. The first-order valence-electron chi connectivity index (χ1n) is 8.84. The summed E-state index contributed by atoms with van der Waals surface area (Å²) in [4.78, 5) is 21.0. The standard InChI is InChI=1S/C18H28N2O7S/c1-12(2)10-14(19)17(22)18(23,28(24,25)26)15(20)8-9-16(21)27-11-13-6-4-3-5-7-13/h3-7,12,14-15,23H,8-11,19-20H2,1-2H3,(H,24,25,26)/t14-,15?,18?/m0/s1. The van der Waals surface area contributed by atoms with Gasteiger partial charge in [0, 0.05) is 6.42 Å². The second-order valence-electron chi connectivity index (χ2n) is 7.06. The summed E-state index contributed by atoms with van der Waals surface area (Å²) in [7, 11) is -5.30. The number of aliphatic hydroxyl groups is 1. The van der Waals surface area contributed by atoms with Crippen LogP contribution in [-0.2, 0) is 31.1 Å². The van der Waals surface area contributed by atoms with Crippen molar-refractivity contribution in [2.24, 2.45) is 17.4 Å². The van der Waals surface area contributed by atoms with Gasteiger partial charge in [0.15, 0.2) is 0 Å². The molecule has 0 spiro atoms. The van der Waals surface area contributed by atoms with Gasteiger partial charge in [0.2, 0.25) is 5.78 Å². The molecule has 0 saturated carbocycles. The Morgan fingerprint density at radius 1 is 1.18 bits per heavy atom. The van der Waals surface area contributed by atoms with E-state index in [0.29, 0.717) is 0 Å². The molecular weight excluding hydrogens is 388 g/mol. The summed E-state index contributed by atoms with van der Waals surface area (Å²) in [5, 5.41) is 10.4. The van der Waals surface area contributed by atoms with Crippen LogP contribution in [-0.4, -0.2) is 46.8 Å². The fourth-order valence-corrected chi connectivity index (χ4v) is 3.57. The number of nitrogens with two attached hydrogens (primary N) is 2. The van der Waals surface area contributed by atoms with Gasteiger partial charge < -0.3 is 21.3 Å². The molecule has 0 saturated heterocycles. The zero-order valence-electron chi connectivity index (χ0n) is 15.9. The van der Waals surface area contributed by atoms with Gasteiger partial charge in [-0.25, -0.2) is 0 Å². The average Bonchev–Trinajstić information content (AvgIpc) is 2.62. The topological polar surface area (TPSA) is 170 Å². The van der Waals surface area contributed by atoms with Crippen LogP contribution in [0.15, 0.2) is 30.3 Å². The molecule has 1 aromatic carbocycles. The number of carbonyl (C=O) groups is 2. The van der Waals surface area contributed by atoms with Crippen LogP contribution in [0.25, 0.3) is 0 Å². The van der Waals surface area contributed by atoms with E-state index in [1.165, 1.54) is 0 Å². The lowest BCUT2D eigenvalue weighted by atomic mass is 9.93. The lowest BCUT2D eigenvalue weighted by Crippen LogP contribution is -2.63. The van der Waals surface area contributed by atoms with Gasteiger partial charge in [-0.05, 0) is 24.3 Å². The molecule has 0 fully saturated rings. The molecule has 6 N–H and O–H groups in total. The molecule has 1 rings (SSSR count). The Kier molecular flexibility index (Phi) is 8.71. The first-order valence-corrected chi connectivity index (χ1v) is 10.3. The molecule has 28 heavy (non-hydrogen) atoms. The molecule has 0 radical (unpaired) electrons. The van der Waals surface area contributed by atoms with Crippen LogP contribution < -0.4 is 11.5 Å². The van der Waals surface area contributed by atoms with E-state index in [1.54, 1.807) is 38.1 Å². The lowest BCUT2D eigenvalue weighted by Gasteiger charge is -2.31. The van der Waals surface area contributed by atoms with Crippen molar-refractivity contribution < 1.29 is 32.4 Å². The third kappa shape index (κ3) is 6.35. The molecule has 2 unspecified atom stereocenters. The number of hydrogen-bond donors (Lipinski definition) is 4. The van der Waals surface area contributed by atoms with Crippen molar-refractivity contribution in [1.29, 1.82) is 0 Å². The van der Waals surface area contributed by atoms with Gasteiger partial charge in [-0.2, -0.15) is 8.42 Å². The van der Waals surface area contributed by atoms with Crippen molar-refractivity contribution >= 4 is 21.9 Å². The molecule has 0 aliphatic carbocycles. The maximum atomic E-state index is 12.4. The average molecular weight is 416 g/mol. The third-order valence-electron chi connectivity index (χ3n) is 4.21.